The van der Waals surface area contributed by atoms with Crippen molar-refractivity contribution in [1.29, 1.82) is 0 Å². The van der Waals surface area contributed by atoms with E-state index in [2.05, 4.69) is 12.2 Å². The van der Waals surface area contributed by atoms with Crippen molar-refractivity contribution >= 4 is 29.7 Å². The lowest BCUT2D eigenvalue weighted by Gasteiger charge is -2.19. The molecule has 2 atom stereocenters. The number of hydrogen-bond donors (Lipinski definition) is 2. The maximum atomic E-state index is 12.0. The molecule has 0 saturated carbocycles. The second kappa shape index (κ2) is 9.36. The smallest absolute Gasteiger partial charge is 0.228 e. The van der Waals surface area contributed by atoms with Crippen LogP contribution in [-0.4, -0.2) is 18.5 Å². The highest BCUT2D eigenvalue weighted by Crippen LogP contribution is 2.20. The van der Waals surface area contributed by atoms with E-state index in [9.17, 15) is 4.79 Å². The Morgan fingerprint density at radius 3 is 2.78 bits per heavy atom. The number of halogens is 1. The van der Waals surface area contributed by atoms with Crippen molar-refractivity contribution in [3.05, 3.63) is 22.4 Å². The molecule has 0 saturated heterocycles. The van der Waals surface area contributed by atoms with E-state index < -0.39 is 0 Å². The lowest BCUT2D eigenvalue weighted by Crippen LogP contribution is -2.41. The van der Waals surface area contributed by atoms with Gasteiger partial charge in [-0.15, -0.1) is 23.7 Å². The minimum atomic E-state index is -0.0781. The van der Waals surface area contributed by atoms with Crippen LogP contribution < -0.4 is 11.1 Å². The molecule has 1 rings (SSSR count). The summed E-state index contributed by atoms with van der Waals surface area (Å²) in [4.78, 5) is 13.1. The van der Waals surface area contributed by atoms with Crippen LogP contribution >= 0.6 is 23.7 Å². The zero-order valence-electron chi connectivity index (χ0n) is 11.0. The summed E-state index contributed by atoms with van der Waals surface area (Å²) >= 11 is 1.62. The van der Waals surface area contributed by atoms with Gasteiger partial charge in [0, 0.05) is 17.5 Å². The van der Waals surface area contributed by atoms with Crippen molar-refractivity contribution in [1.82, 2.24) is 5.32 Å². The molecule has 1 amide bonds. The van der Waals surface area contributed by atoms with Gasteiger partial charge in [0.15, 0.2) is 0 Å². The first-order chi connectivity index (χ1) is 8.19. The molecular weight excluding hydrogens is 268 g/mol. The first-order valence-corrected chi connectivity index (χ1v) is 7.10. The van der Waals surface area contributed by atoms with Gasteiger partial charge in [-0.3, -0.25) is 4.79 Å². The first-order valence-electron chi connectivity index (χ1n) is 6.22. The van der Waals surface area contributed by atoms with Crippen LogP contribution in [0.3, 0.4) is 0 Å². The van der Waals surface area contributed by atoms with Crippen LogP contribution in [0.5, 0.6) is 0 Å². The maximum absolute atomic E-state index is 12.0. The van der Waals surface area contributed by atoms with Crippen LogP contribution in [0.15, 0.2) is 17.5 Å². The van der Waals surface area contributed by atoms with Gasteiger partial charge in [-0.25, -0.2) is 0 Å². The van der Waals surface area contributed by atoms with E-state index in [1.807, 2.05) is 24.4 Å². The molecule has 3 nitrogen and oxygen atoms in total. The lowest BCUT2D eigenvalue weighted by molar-refractivity contribution is -0.122. The fourth-order valence-electron chi connectivity index (χ4n) is 1.69. The fourth-order valence-corrected chi connectivity index (χ4v) is 2.48. The Bertz CT molecular complexity index is 330. The van der Waals surface area contributed by atoms with E-state index in [1.54, 1.807) is 11.3 Å². The SMILES string of the molecule is CCCCC(CN)NC(=O)C(C)c1cccs1.Cl. The van der Waals surface area contributed by atoms with Gasteiger partial charge in [-0.05, 0) is 24.8 Å². The van der Waals surface area contributed by atoms with E-state index in [0.29, 0.717) is 6.54 Å². The maximum Gasteiger partial charge on any atom is 0.228 e. The molecule has 0 spiro atoms. The Hall–Kier alpha value is -0.580. The van der Waals surface area contributed by atoms with Gasteiger partial charge in [0.25, 0.3) is 0 Å². The van der Waals surface area contributed by atoms with E-state index in [0.717, 1.165) is 24.1 Å². The van der Waals surface area contributed by atoms with Crippen LogP contribution in [0.4, 0.5) is 0 Å². The summed E-state index contributed by atoms with van der Waals surface area (Å²) in [6, 6.07) is 4.09. The van der Waals surface area contributed by atoms with Gasteiger partial charge in [-0.1, -0.05) is 25.8 Å². The summed E-state index contributed by atoms with van der Waals surface area (Å²) in [6.07, 6.45) is 3.21. The van der Waals surface area contributed by atoms with Crippen molar-refractivity contribution < 1.29 is 4.79 Å². The highest BCUT2D eigenvalue weighted by Gasteiger charge is 2.18. The van der Waals surface area contributed by atoms with Crippen LogP contribution in [-0.2, 0) is 4.79 Å². The molecule has 3 N–H and O–H groups in total. The molecule has 5 heteroatoms. The quantitative estimate of drug-likeness (QED) is 0.811. The Balaban J connectivity index is 0.00000289. The third kappa shape index (κ3) is 5.38. The van der Waals surface area contributed by atoms with Gasteiger partial charge in [0.2, 0.25) is 5.91 Å². The highest BCUT2D eigenvalue weighted by atomic mass is 35.5. The summed E-state index contributed by atoms with van der Waals surface area (Å²) < 4.78 is 0. The van der Waals surface area contributed by atoms with Crippen molar-refractivity contribution in [2.45, 2.75) is 45.1 Å². The Kier molecular flexibility index (Phi) is 9.06. The number of carbonyl (C=O) groups is 1. The summed E-state index contributed by atoms with van der Waals surface area (Å²) in [5.74, 6) is 0.00433. The molecule has 0 aromatic carbocycles. The predicted molar refractivity (Wildman–Crippen MR) is 80.5 cm³/mol. The number of unbranched alkanes of at least 4 members (excludes halogenated alkanes) is 1. The van der Waals surface area contributed by atoms with Crippen LogP contribution in [0, 0.1) is 0 Å². The molecule has 0 aliphatic heterocycles. The molecule has 1 heterocycles. The molecule has 0 aliphatic rings. The molecule has 1 aromatic rings. The van der Waals surface area contributed by atoms with Gasteiger partial charge in [0.1, 0.15) is 0 Å². The molecule has 104 valence electrons. The molecule has 0 radical (unpaired) electrons. The Morgan fingerprint density at radius 2 is 2.28 bits per heavy atom. The van der Waals surface area contributed by atoms with Gasteiger partial charge in [0.05, 0.1) is 5.92 Å². The average Bonchev–Trinajstić information content (AvgIpc) is 2.86. The van der Waals surface area contributed by atoms with Crippen molar-refractivity contribution in [3.63, 3.8) is 0 Å². The van der Waals surface area contributed by atoms with E-state index >= 15 is 0 Å². The minimum absolute atomic E-state index is 0. The Morgan fingerprint density at radius 1 is 1.56 bits per heavy atom. The summed E-state index contributed by atoms with van der Waals surface area (Å²) in [6.45, 7) is 4.60. The number of carbonyl (C=O) groups excluding carboxylic acids is 1. The summed E-state index contributed by atoms with van der Waals surface area (Å²) in [5, 5.41) is 5.03. The highest BCUT2D eigenvalue weighted by molar-refractivity contribution is 7.10. The largest absolute Gasteiger partial charge is 0.352 e. The standard InChI is InChI=1S/C13H22N2OS.ClH/c1-3-4-6-11(9-14)15-13(16)10(2)12-7-5-8-17-12;/h5,7-8,10-11H,3-4,6,9,14H2,1-2H3,(H,15,16);1H. The van der Waals surface area contributed by atoms with Crippen molar-refractivity contribution in [2.24, 2.45) is 5.73 Å². The molecular formula is C13H23ClN2OS. The number of nitrogens with two attached hydrogens (primary N) is 1. The predicted octanol–water partition coefficient (Wildman–Crippen LogP) is 2.91. The third-order valence-corrected chi connectivity index (χ3v) is 3.96. The van der Waals surface area contributed by atoms with Crippen LogP contribution in [0.25, 0.3) is 0 Å². The number of hydrogen-bond acceptors (Lipinski definition) is 3. The molecule has 0 fully saturated rings. The van der Waals surface area contributed by atoms with E-state index in [4.69, 9.17) is 5.73 Å². The van der Waals surface area contributed by atoms with Gasteiger partial charge < -0.3 is 11.1 Å². The average molecular weight is 291 g/mol. The fraction of sp³-hybridized carbons (Fsp3) is 0.615. The van der Waals surface area contributed by atoms with E-state index in [-0.39, 0.29) is 30.3 Å². The zero-order valence-corrected chi connectivity index (χ0v) is 12.7. The first kappa shape index (κ1) is 17.4. The molecule has 1 aromatic heterocycles. The second-order valence-corrected chi connectivity index (χ2v) is 5.30. The second-order valence-electron chi connectivity index (χ2n) is 4.32. The van der Waals surface area contributed by atoms with Gasteiger partial charge in [-0.2, -0.15) is 0 Å². The van der Waals surface area contributed by atoms with Crippen LogP contribution in [0.2, 0.25) is 0 Å². The Labute approximate surface area is 120 Å². The summed E-state index contributed by atoms with van der Waals surface area (Å²) in [5.41, 5.74) is 5.67. The minimum Gasteiger partial charge on any atom is -0.352 e. The molecule has 2 unspecified atom stereocenters. The molecule has 0 aliphatic carbocycles. The number of rotatable bonds is 7. The third-order valence-electron chi connectivity index (χ3n) is 2.90. The van der Waals surface area contributed by atoms with Gasteiger partial charge >= 0.3 is 0 Å². The monoisotopic (exact) mass is 290 g/mol. The van der Waals surface area contributed by atoms with Crippen LogP contribution in [0.1, 0.15) is 43.9 Å². The topological polar surface area (TPSA) is 55.1 Å². The normalized spacial score (nSPS) is 13.5. The van der Waals surface area contributed by atoms with Crippen molar-refractivity contribution in [2.75, 3.05) is 6.54 Å². The lowest BCUT2D eigenvalue weighted by atomic mass is 10.1. The van der Waals surface area contributed by atoms with Crippen molar-refractivity contribution in [3.8, 4) is 0 Å². The molecule has 0 bridgehead atoms. The van der Waals surface area contributed by atoms with E-state index in [1.165, 1.54) is 0 Å². The summed E-state index contributed by atoms with van der Waals surface area (Å²) in [7, 11) is 0. The zero-order chi connectivity index (χ0) is 12.7. The number of amides is 1. The number of nitrogens with one attached hydrogen (secondary N) is 1. The molecule has 18 heavy (non-hydrogen) atoms. The number of thiophene rings is 1.